The Morgan fingerprint density at radius 1 is 0.415 bits per heavy atom. The number of nitrogens with one attached hydrogen (secondary N) is 1. The second-order valence-corrected chi connectivity index (χ2v) is 10.5. The molecule has 7 aromatic carbocycles. The smallest absolute Gasteiger partial charge is 0.149 e. The molecule has 0 saturated carbocycles. The quantitative estimate of drug-likeness (QED) is 0.226. The lowest BCUT2D eigenvalue weighted by Gasteiger charge is -2.24. The molecule has 0 aromatic heterocycles. The second kappa shape index (κ2) is 10.8. The van der Waals surface area contributed by atoms with E-state index in [1.807, 2.05) is 0 Å². The summed E-state index contributed by atoms with van der Waals surface area (Å²) >= 11 is 0. The Hall–Kier alpha value is -5.18. The van der Waals surface area contributed by atoms with Crippen LogP contribution in [0.4, 0.5) is 28.4 Å². The van der Waals surface area contributed by atoms with Gasteiger partial charge in [0.2, 0.25) is 0 Å². The third kappa shape index (κ3) is 4.75. The van der Waals surface area contributed by atoms with Gasteiger partial charge in [0, 0.05) is 53.5 Å². The minimum atomic E-state index is 1.15. The number of anilines is 2. The van der Waals surface area contributed by atoms with Gasteiger partial charge in [0.1, 0.15) is 17.1 Å². The maximum Gasteiger partial charge on any atom is 0.149 e. The summed E-state index contributed by atoms with van der Waals surface area (Å²) < 4.78 is 0. The molecule has 0 aliphatic heterocycles. The molecule has 0 unspecified atom stereocenters. The van der Waals surface area contributed by atoms with Crippen LogP contribution in [0.3, 0.4) is 0 Å². The zero-order valence-electron chi connectivity index (χ0n) is 23.0. The number of hydrogen-bond acceptors (Lipinski definition) is 1. The van der Waals surface area contributed by atoms with E-state index in [0.29, 0.717) is 0 Å². The van der Waals surface area contributed by atoms with Crippen molar-refractivity contribution < 1.29 is 4.90 Å². The standard InChI is InChI=1S/C39H30N2/c1-40(35-19-9-18-32(28-35)29-12-3-2-4-13-29)33-24-26-34(27-25-33)41(38-22-10-16-30-14-5-7-20-36(30)38)39-23-11-17-31-15-6-8-21-37(31)39/h2-28H,1H3/p+1. The zero-order chi connectivity index (χ0) is 27.6. The first-order chi connectivity index (χ1) is 20.3. The van der Waals surface area contributed by atoms with Gasteiger partial charge < -0.3 is 4.90 Å². The highest BCUT2D eigenvalue weighted by atomic mass is 15.1. The highest BCUT2D eigenvalue weighted by molar-refractivity contribution is 5.94. The van der Waals surface area contributed by atoms with Crippen molar-refractivity contribution in [3.63, 3.8) is 0 Å². The molecule has 41 heavy (non-hydrogen) atoms. The Morgan fingerprint density at radius 2 is 0.927 bits per heavy atom. The maximum atomic E-state index is 2.27. The van der Waals surface area contributed by atoms with Crippen molar-refractivity contribution in [2.75, 3.05) is 11.9 Å². The normalized spacial score (nSPS) is 11.3. The lowest BCUT2D eigenvalue weighted by Crippen LogP contribution is -2.96. The van der Waals surface area contributed by atoms with Crippen LogP contribution in [0.2, 0.25) is 0 Å². The van der Waals surface area contributed by atoms with E-state index in [4.69, 9.17) is 0 Å². The second-order valence-electron chi connectivity index (χ2n) is 10.5. The SMILES string of the molecule is CN(c1ccc([NH+](c2cccc3ccccc23)c2cccc3ccccc23)cc1)c1cccc(-c2ccccc2)c1. The average molecular weight is 528 g/mol. The molecule has 2 heteroatoms. The molecule has 0 saturated heterocycles. The van der Waals surface area contributed by atoms with Gasteiger partial charge in [-0.25, -0.2) is 4.90 Å². The van der Waals surface area contributed by atoms with E-state index in [1.54, 1.807) is 0 Å². The van der Waals surface area contributed by atoms with E-state index in [2.05, 4.69) is 176 Å². The van der Waals surface area contributed by atoms with Crippen LogP contribution in [0.15, 0.2) is 164 Å². The molecule has 0 bridgehead atoms. The van der Waals surface area contributed by atoms with E-state index in [9.17, 15) is 0 Å². The summed E-state index contributed by atoms with van der Waals surface area (Å²) in [5, 5.41) is 5.02. The van der Waals surface area contributed by atoms with Crippen molar-refractivity contribution >= 4 is 50.0 Å². The zero-order valence-corrected chi connectivity index (χ0v) is 23.0. The molecule has 196 valence electrons. The van der Waals surface area contributed by atoms with Crippen molar-refractivity contribution in [2.24, 2.45) is 0 Å². The van der Waals surface area contributed by atoms with Crippen LogP contribution >= 0.6 is 0 Å². The van der Waals surface area contributed by atoms with Crippen LogP contribution in [0.1, 0.15) is 0 Å². The predicted molar refractivity (Wildman–Crippen MR) is 174 cm³/mol. The molecule has 0 aliphatic carbocycles. The highest BCUT2D eigenvalue weighted by Crippen LogP contribution is 2.31. The van der Waals surface area contributed by atoms with E-state index in [1.165, 1.54) is 54.6 Å². The average Bonchev–Trinajstić information content (AvgIpc) is 3.05. The third-order valence-electron chi connectivity index (χ3n) is 8.00. The van der Waals surface area contributed by atoms with Gasteiger partial charge in [0.25, 0.3) is 0 Å². The first-order valence-corrected chi connectivity index (χ1v) is 14.1. The molecule has 2 nitrogen and oxygen atoms in total. The van der Waals surface area contributed by atoms with E-state index >= 15 is 0 Å². The van der Waals surface area contributed by atoms with Crippen LogP contribution in [-0.2, 0) is 0 Å². The van der Waals surface area contributed by atoms with E-state index in [-0.39, 0.29) is 0 Å². The summed E-state index contributed by atoms with van der Waals surface area (Å²) in [5.41, 5.74) is 8.44. The molecule has 0 spiro atoms. The monoisotopic (exact) mass is 527 g/mol. The molecule has 0 atom stereocenters. The number of quaternary nitrogens is 1. The number of nitrogens with zero attached hydrogens (tertiary/aromatic N) is 1. The predicted octanol–water partition coefficient (Wildman–Crippen LogP) is 9.61. The minimum Gasteiger partial charge on any atom is -0.345 e. The van der Waals surface area contributed by atoms with Gasteiger partial charge in [0.15, 0.2) is 0 Å². The largest absolute Gasteiger partial charge is 0.345 e. The third-order valence-corrected chi connectivity index (χ3v) is 8.00. The Labute approximate surface area is 241 Å². The first-order valence-electron chi connectivity index (χ1n) is 14.1. The fourth-order valence-electron chi connectivity index (χ4n) is 5.87. The Kier molecular flexibility index (Phi) is 6.52. The van der Waals surface area contributed by atoms with Crippen LogP contribution in [0.25, 0.3) is 32.7 Å². The van der Waals surface area contributed by atoms with Crippen molar-refractivity contribution in [1.29, 1.82) is 0 Å². The molecule has 0 amide bonds. The lowest BCUT2D eigenvalue weighted by molar-refractivity contribution is -0.678. The molecule has 0 radical (unpaired) electrons. The number of rotatable bonds is 6. The Morgan fingerprint density at radius 3 is 1.56 bits per heavy atom. The summed E-state index contributed by atoms with van der Waals surface area (Å²) in [4.78, 5) is 3.50. The molecule has 0 fully saturated rings. The summed E-state index contributed by atoms with van der Waals surface area (Å²) in [6.07, 6.45) is 0. The summed E-state index contributed by atoms with van der Waals surface area (Å²) in [6, 6.07) is 58.9. The fourth-order valence-corrected chi connectivity index (χ4v) is 5.87. The minimum absolute atomic E-state index is 1.15. The molecule has 1 N–H and O–H groups in total. The van der Waals surface area contributed by atoms with Gasteiger partial charge in [-0.15, -0.1) is 0 Å². The molecular formula is C39H31N2+. The van der Waals surface area contributed by atoms with Gasteiger partial charge >= 0.3 is 0 Å². The van der Waals surface area contributed by atoms with Gasteiger partial charge in [-0.3, -0.25) is 0 Å². The summed E-state index contributed by atoms with van der Waals surface area (Å²) in [6.45, 7) is 0. The van der Waals surface area contributed by atoms with Gasteiger partial charge in [-0.1, -0.05) is 103 Å². The van der Waals surface area contributed by atoms with Crippen molar-refractivity contribution in [2.45, 2.75) is 0 Å². The van der Waals surface area contributed by atoms with Crippen LogP contribution < -0.4 is 9.80 Å². The summed E-state index contributed by atoms with van der Waals surface area (Å²) in [5.74, 6) is 0. The highest BCUT2D eigenvalue weighted by Gasteiger charge is 2.23. The maximum absolute atomic E-state index is 2.27. The Balaban J connectivity index is 1.32. The molecule has 0 heterocycles. The van der Waals surface area contributed by atoms with Crippen molar-refractivity contribution in [3.8, 4) is 11.1 Å². The van der Waals surface area contributed by atoms with Crippen molar-refractivity contribution in [3.05, 3.63) is 164 Å². The van der Waals surface area contributed by atoms with Crippen LogP contribution in [-0.4, -0.2) is 7.05 Å². The van der Waals surface area contributed by atoms with Crippen molar-refractivity contribution in [1.82, 2.24) is 0 Å². The van der Waals surface area contributed by atoms with E-state index < -0.39 is 0 Å². The molecular weight excluding hydrogens is 496 g/mol. The first kappa shape index (κ1) is 24.8. The number of fused-ring (bicyclic) bond motifs is 2. The molecule has 7 aromatic rings. The van der Waals surface area contributed by atoms with Gasteiger partial charge in [-0.05, 0) is 58.3 Å². The Bertz CT molecular complexity index is 1870. The van der Waals surface area contributed by atoms with Gasteiger partial charge in [0.05, 0.1) is 0 Å². The molecule has 0 aliphatic rings. The number of benzene rings is 7. The number of hydrogen-bond donors (Lipinski definition) is 1. The fraction of sp³-hybridized carbons (Fsp3) is 0.0256. The van der Waals surface area contributed by atoms with Crippen LogP contribution in [0, 0.1) is 0 Å². The molecule has 7 rings (SSSR count). The summed E-state index contributed by atoms with van der Waals surface area (Å²) in [7, 11) is 2.14. The van der Waals surface area contributed by atoms with E-state index in [0.717, 1.165) is 11.4 Å². The lowest BCUT2D eigenvalue weighted by atomic mass is 10.0. The van der Waals surface area contributed by atoms with Crippen LogP contribution in [0.5, 0.6) is 0 Å². The topological polar surface area (TPSA) is 7.68 Å². The van der Waals surface area contributed by atoms with Gasteiger partial charge in [-0.2, -0.15) is 0 Å².